The van der Waals surface area contributed by atoms with Gasteiger partial charge in [0.25, 0.3) is 0 Å². The highest BCUT2D eigenvalue weighted by Gasteiger charge is 2.26. The largest absolute Gasteiger partial charge is 0.460 e. The van der Waals surface area contributed by atoms with Crippen molar-refractivity contribution < 1.29 is 9.15 Å². The molecule has 4 heterocycles. The predicted molar refractivity (Wildman–Crippen MR) is 127 cm³/mol. The minimum atomic E-state index is 0.365. The maximum atomic E-state index is 6.11. The molecule has 3 aromatic rings. The number of halogens is 1. The molecule has 6 nitrogen and oxygen atoms in total. The van der Waals surface area contributed by atoms with Crippen molar-refractivity contribution in [2.24, 2.45) is 7.05 Å². The highest BCUT2D eigenvalue weighted by Crippen LogP contribution is 2.31. The number of benzene rings is 1. The van der Waals surface area contributed by atoms with Crippen LogP contribution in [0.1, 0.15) is 43.2 Å². The number of hydrogen-bond acceptors (Lipinski definition) is 6. The Balaban J connectivity index is 1.14. The van der Waals surface area contributed by atoms with Crippen molar-refractivity contribution in [1.29, 1.82) is 0 Å². The fourth-order valence-corrected chi connectivity index (χ4v) is 5.75. The van der Waals surface area contributed by atoms with E-state index in [0.717, 1.165) is 84.3 Å². The molecular weight excluding hydrogens is 444 g/mol. The smallest absolute Gasteiger partial charge is 0.191 e. The molecule has 1 aromatic carbocycles. The number of aromatic nitrogens is 3. The van der Waals surface area contributed by atoms with Crippen LogP contribution in [-0.2, 0) is 18.3 Å². The maximum absolute atomic E-state index is 6.11. The van der Waals surface area contributed by atoms with Crippen LogP contribution in [0.4, 0.5) is 0 Å². The van der Waals surface area contributed by atoms with Gasteiger partial charge in [0.2, 0.25) is 0 Å². The molecule has 2 aliphatic rings. The van der Waals surface area contributed by atoms with E-state index in [-0.39, 0.29) is 0 Å². The zero-order chi connectivity index (χ0) is 21.9. The zero-order valence-electron chi connectivity index (χ0n) is 18.4. The molecule has 2 aliphatic heterocycles. The van der Waals surface area contributed by atoms with Crippen molar-refractivity contribution in [2.75, 3.05) is 25.4 Å². The Kier molecular flexibility index (Phi) is 6.88. The quantitative estimate of drug-likeness (QED) is 0.430. The molecule has 8 heteroatoms. The Hall–Kier alpha value is -1.80. The van der Waals surface area contributed by atoms with Gasteiger partial charge in [-0.1, -0.05) is 35.5 Å². The average Bonchev–Trinajstić information content (AvgIpc) is 3.55. The average molecular weight is 473 g/mol. The summed E-state index contributed by atoms with van der Waals surface area (Å²) in [5, 5.41) is 10.7. The molecule has 5 rings (SSSR count). The van der Waals surface area contributed by atoms with Crippen molar-refractivity contribution >= 4 is 23.4 Å². The van der Waals surface area contributed by atoms with Crippen LogP contribution in [0.15, 0.2) is 46.0 Å². The van der Waals surface area contributed by atoms with Crippen LogP contribution in [0.3, 0.4) is 0 Å². The van der Waals surface area contributed by atoms with Gasteiger partial charge in [-0.3, -0.25) is 4.90 Å². The SMILES string of the molecule is Cn1c(SCC2CCCO2)nnc1C1CCN(Cc2ccc(-c3cccc(Cl)c3)o2)CC1. The van der Waals surface area contributed by atoms with Gasteiger partial charge in [-0.15, -0.1) is 10.2 Å². The molecule has 0 saturated carbocycles. The first-order valence-corrected chi connectivity index (χ1v) is 12.7. The van der Waals surface area contributed by atoms with E-state index >= 15 is 0 Å². The summed E-state index contributed by atoms with van der Waals surface area (Å²) in [6, 6.07) is 11.9. The van der Waals surface area contributed by atoms with Gasteiger partial charge in [0.05, 0.1) is 12.6 Å². The van der Waals surface area contributed by atoms with Gasteiger partial charge >= 0.3 is 0 Å². The lowest BCUT2D eigenvalue weighted by atomic mass is 9.96. The van der Waals surface area contributed by atoms with Crippen LogP contribution < -0.4 is 0 Å². The highest BCUT2D eigenvalue weighted by molar-refractivity contribution is 7.99. The van der Waals surface area contributed by atoms with Gasteiger partial charge in [0.1, 0.15) is 17.3 Å². The second-order valence-electron chi connectivity index (χ2n) is 8.67. The Labute approximate surface area is 198 Å². The standard InChI is InChI=1S/C24H29ClN4O2S/c1-28-23(26-27-24(28)32-16-21-6-3-13-30-21)17-9-11-29(12-10-17)15-20-7-8-22(31-20)18-4-2-5-19(25)14-18/h2,4-5,7-8,14,17,21H,3,6,9-13,15-16H2,1H3. The van der Waals surface area contributed by atoms with Crippen molar-refractivity contribution in [3.05, 3.63) is 53.0 Å². The third-order valence-electron chi connectivity index (χ3n) is 6.39. The number of hydrogen-bond donors (Lipinski definition) is 0. The van der Waals surface area contributed by atoms with Crippen molar-refractivity contribution in [2.45, 2.75) is 49.4 Å². The molecule has 0 bridgehead atoms. The van der Waals surface area contributed by atoms with Gasteiger partial charge in [-0.25, -0.2) is 0 Å². The van der Waals surface area contributed by atoms with E-state index in [9.17, 15) is 0 Å². The second-order valence-corrected chi connectivity index (χ2v) is 10.1. The maximum Gasteiger partial charge on any atom is 0.191 e. The van der Waals surface area contributed by atoms with E-state index in [0.29, 0.717) is 12.0 Å². The number of furan rings is 1. The first kappa shape index (κ1) is 22.0. The summed E-state index contributed by atoms with van der Waals surface area (Å²) < 4.78 is 14.0. The molecule has 0 aliphatic carbocycles. The van der Waals surface area contributed by atoms with Gasteiger partial charge < -0.3 is 13.7 Å². The Morgan fingerprint density at radius 1 is 1.12 bits per heavy atom. The summed E-state index contributed by atoms with van der Waals surface area (Å²) in [7, 11) is 2.10. The number of thioether (sulfide) groups is 1. The molecule has 2 aromatic heterocycles. The highest BCUT2D eigenvalue weighted by atomic mass is 35.5. The second kappa shape index (κ2) is 10.00. The molecule has 0 amide bonds. The lowest BCUT2D eigenvalue weighted by Crippen LogP contribution is -2.33. The van der Waals surface area contributed by atoms with Gasteiger partial charge in [-0.2, -0.15) is 0 Å². The molecule has 2 saturated heterocycles. The fraction of sp³-hybridized carbons (Fsp3) is 0.500. The van der Waals surface area contributed by atoms with Crippen molar-refractivity contribution in [3.63, 3.8) is 0 Å². The molecule has 1 atom stereocenters. The summed E-state index contributed by atoms with van der Waals surface area (Å²) in [5.41, 5.74) is 1.01. The third kappa shape index (κ3) is 5.06. The van der Waals surface area contributed by atoms with Crippen molar-refractivity contribution in [1.82, 2.24) is 19.7 Å². The van der Waals surface area contributed by atoms with Crippen LogP contribution in [0.2, 0.25) is 5.02 Å². The van der Waals surface area contributed by atoms with Crippen molar-refractivity contribution in [3.8, 4) is 11.3 Å². The third-order valence-corrected chi connectivity index (χ3v) is 7.78. The Morgan fingerprint density at radius 2 is 2.00 bits per heavy atom. The first-order valence-electron chi connectivity index (χ1n) is 11.4. The number of nitrogens with zero attached hydrogens (tertiary/aromatic N) is 4. The topological polar surface area (TPSA) is 56.3 Å². The summed E-state index contributed by atoms with van der Waals surface area (Å²) in [6.45, 7) is 3.79. The molecule has 0 spiro atoms. The van der Waals surface area contributed by atoms with E-state index in [1.54, 1.807) is 11.8 Å². The Bertz CT molecular complexity index is 1040. The van der Waals surface area contributed by atoms with Crippen LogP contribution in [0, 0.1) is 0 Å². The summed E-state index contributed by atoms with van der Waals surface area (Å²) in [6.07, 6.45) is 4.87. The van der Waals surface area contributed by atoms with Crippen LogP contribution in [0.25, 0.3) is 11.3 Å². The van der Waals surface area contributed by atoms with Gasteiger partial charge in [-0.05, 0) is 63.0 Å². The summed E-state index contributed by atoms with van der Waals surface area (Å²) in [4.78, 5) is 2.46. The van der Waals surface area contributed by atoms with Crippen LogP contribution >= 0.6 is 23.4 Å². The normalized spacial score (nSPS) is 20.2. The number of likely N-dealkylation sites (tertiary alicyclic amines) is 1. The van der Waals surface area contributed by atoms with E-state index in [2.05, 4.69) is 32.8 Å². The minimum Gasteiger partial charge on any atom is -0.460 e. The van der Waals surface area contributed by atoms with E-state index in [4.69, 9.17) is 20.8 Å². The summed E-state index contributed by atoms with van der Waals surface area (Å²) in [5.74, 6) is 4.39. The number of ether oxygens (including phenoxy) is 1. The zero-order valence-corrected chi connectivity index (χ0v) is 19.9. The molecule has 0 radical (unpaired) electrons. The fourth-order valence-electron chi connectivity index (χ4n) is 4.58. The van der Waals surface area contributed by atoms with Gasteiger partial charge in [0.15, 0.2) is 5.16 Å². The number of rotatable bonds is 7. The Morgan fingerprint density at radius 3 is 2.78 bits per heavy atom. The lowest BCUT2D eigenvalue weighted by Gasteiger charge is -2.30. The molecule has 1 unspecified atom stereocenters. The molecule has 170 valence electrons. The molecule has 0 N–H and O–H groups in total. The summed E-state index contributed by atoms with van der Waals surface area (Å²) >= 11 is 7.88. The molecule has 2 fully saturated rings. The lowest BCUT2D eigenvalue weighted by molar-refractivity contribution is 0.129. The van der Waals surface area contributed by atoms with Gasteiger partial charge in [0, 0.05) is 35.9 Å². The molecular formula is C24H29ClN4O2S. The monoisotopic (exact) mass is 472 g/mol. The number of piperidine rings is 1. The van der Waals surface area contributed by atoms with Crippen LogP contribution in [0.5, 0.6) is 0 Å². The minimum absolute atomic E-state index is 0.365. The van der Waals surface area contributed by atoms with E-state index in [1.807, 2.05) is 30.3 Å². The molecule has 32 heavy (non-hydrogen) atoms. The predicted octanol–water partition coefficient (Wildman–Crippen LogP) is 5.38. The van der Waals surface area contributed by atoms with E-state index in [1.165, 1.54) is 6.42 Å². The van der Waals surface area contributed by atoms with E-state index < -0.39 is 0 Å². The first-order chi connectivity index (χ1) is 15.7. The van der Waals surface area contributed by atoms with Crippen LogP contribution in [-0.4, -0.2) is 51.2 Å².